The zero-order valence-electron chi connectivity index (χ0n) is 22.7. The Labute approximate surface area is 242 Å². The second-order valence-corrected chi connectivity index (χ2v) is 10.8. The third-order valence-corrected chi connectivity index (χ3v) is 8.52. The molecule has 42 heavy (non-hydrogen) atoms. The lowest BCUT2D eigenvalue weighted by molar-refractivity contribution is 0.524. The normalized spacial score (nSPS) is 11.8. The molecule has 0 fully saturated rings. The third-order valence-electron chi connectivity index (χ3n) is 8.52. The van der Waals surface area contributed by atoms with Gasteiger partial charge in [-0.2, -0.15) is 0 Å². The number of furan rings is 2. The van der Waals surface area contributed by atoms with E-state index in [0.29, 0.717) is 5.78 Å². The molecular weight excluding hydrogens is 512 g/mol. The second kappa shape index (κ2) is 8.95. The van der Waals surface area contributed by atoms with Gasteiger partial charge >= 0.3 is 0 Å². The fourth-order valence-electron chi connectivity index (χ4n) is 6.72. The Morgan fingerprint density at radius 2 is 0.786 bits per heavy atom. The van der Waals surface area contributed by atoms with Crippen molar-refractivity contribution in [1.82, 2.24) is 0 Å². The average molecular weight is 537 g/mol. The quantitative estimate of drug-likeness (QED) is 0.210. The van der Waals surface area contributed by atoms with Crippen molar-refractivity contribution in [2.75, 3.05) is 0 Å². The van der Waals surface area contributed by atoms with E-state index in [1.807, 2.05) is 24.3 Å². The maximum Gasteiger partial charge on any atom is 0.299 e. The van der Waals surface area contributed by atoms with Crippen LogP contribution in [0.1, 0.15) is 0 Å². The summed E-state index contributed by atoms with van der Waals surface area (Å²) in [6.45, 7) is 0. The van der Waals surface area contributed by atoms with E-state index in [0.717, 1.165) is 38.5 Å². The van der Waals surface area contributed by atoms with Gasteiger partial charge in [0.25, 0.3) is 5.78 Å². The van der Waals surface area contributed by atoms with Crippen molar-refractivity contribution >= 4 is 54.6 Å². The largest absolute Gasteiger partial charge is 0.425 e. The third kappa shape index (κ3) is 3.33. The summed E-state index contributed by atoms with van der Waals surface area (Å²) in [6.07, 6.45) is 0. The summed E-state index contributed by atoms with van der Waals surface area (Å²) in [4.78, 5) is 0. The second-order valence-electron chi connectivity index (χ2n) is 10.8. The van der Waals surface area contributed by atoms with E-state index >= 15 is 0 Å². The van der Waals surface area contributed by atoms with Gasteiger partial charge < -0.3 is 8.83 Å². The molecule has 196 valence electrons. The molecule has 0 bridgehead atoms. The zero-order chi connectivity index (χ0) is 27.6. The molecule has 0 aliphatic heterocycles. The van der Waals surface area contributed by atoms with E-state index in [4.69, 9.17) is 8.83 Å². The Balaban J connectivity index is 1.27. The van der Waals surface area contributed by atoms with Gasteiger partial charge in [-0.15, -0.1) is 0 Å². The Morgan fingerprint density at radius 3 is 1.43 bits per heavy atom. The van der Waals surface area contributed by atoms with Crippen LogP contribution in [0, 0.1) is 0 Å². The number of hydrogen-bond donors (Lipinski definition) is 0. The molecule has 0 unspecified atom stereocenters. The van der Waals surface area contributed by atoms with Crippen LogP contribution in [0.3, 0.4) is 0 Å². The SMILES string of the molecule is c1ccc(-c2c3ccccc3c(-c3ccc(-c4cccc5oc6oc7ccccc7c6c45)cc3)c3ccccc23)cc1. The number of para-hydroxylation sites is 1. The minimum absolute atomic E-state index is 0.576. The van der Waals surface area contributed by atoms with Crippen molar-refractivity contribution < 1.29 is 8.83 Å². The smallest absolute Gasteiger partial charge is 0.299 e. The van der Waals surface area contributed by atoms with Gasteiger partial charge in [0.05, 0.1) is 5.39 Å². The lowest BCUT2D eigenvalue weighted by atomic mass is 9.85. The van der Waals surface area contributed by atoms with Crippen LogP contribution < -0.4 is 0 Å². The summed E-state index contributed by atoms with van der Waals surface area (Å²) >= 11 is 0. The fourth-order valence-corrected chi connectivity index (χ4v) is 6.72. The molecule has 0 atom stereocenters. The van der Waals surface area contributed by atoms with E-state index in [2.05, 4.69) is 121 Å². The van der Waals surface area contributed by atoms with Crippen LogP contribution in [0.4, 0.5) is 0 Å². The van der Waals surface area contributed by atoms with Crippen molar-refractivity contribution in [2.45, 2.75) is 0 Å². The monoisotopic (exact) mass is 536 g/mol. The average Bonchev–Trinajstić information content (AvgIpc) is 3.60. The Hall–Kier alpha value is -5.60. The molecule has 0 aliphatic carbocycles. The number of hydrogen-bond acceptors (Lipinski definition) is 2. The molecular formula is C40H24O2. The first-order valence-corrected chi connectivity index (χ1v) is 14.3. The number of fused-ring (bicyclic) bond motifs is 7. The number of rotatable bonds is 3. The summed E-state index contributed by atoms with van der Waals surface area (Å²) in [7, 11) is 0. The first-order chi connectivity index (χ1) is 20.8. The predicted molar refractivity (Wildman–Crippen MR) is 175 cm³/mol. The van der Waals surface area contributed by atoms with Gasteiger partial charge in [0.2, 0.25) is 0 Å². The van der Waals surface area contributed by atoms with Crippen LogP contribution >= 0.6 is 0 Å². The van der Waals surface area contributed by atoms with Crippen LogP contribution in [0.25, 0.3) is 88.0 Å². The summed E-state index contributed by atoms with van der Waals surface area (Å²) in [5.41, 5.74) is 8.94. The minimum Gasteiger partial charge on any atom is -0.425 e. The van der Waals surface area contributed by atoms with E-state index in [9.17, 15) is 0 Å². The minimum atomic E-state index is 0.576. The number of benzene rings is 7. The molecule has 0 saturated heterocycles. The van der Waals surface area contributed by atoms with Gasteiger partial charge in [-0.3, -0.25) is 0 Å². The molecule has 2 heteroatoms. The highest BCUT2D eigenvalue weighted by atomic mass is 16.5. The van der Waals surface area contributed by atoms with E-state index < -0.39 is 0 Å². The van der Waals surface area contributed by atoms with E-state index in [-0.39, 0.29) is 0 Å². The molecule has 2 nitrogen and oxygen atoms in total. The van der Waals surface area contributed by atoms with Crippen LogP contribution in [-0.2, 0) is 0 Å². The molecule has 0 aliphatic rings. The zero-order valence-corrected chi connectivity index (χ0v) is 22.7. The maximum absolute atomic E-state index is 6.17. The molecule has 7 aromatic carbocycles. The fraction of sp³-hybridized carbons (Fsp3) is 0. The molecule has 2 aromatic heterocycles. The van der Waals surface area contributed by atoms with E-state index in [1.165, 1.54) is 43.8 Å². The first-order valence-electron chi connectivity index (χ1n) is 14.3. The highest BCUT2D eigenvalue weighted by Gasteiger charge is 2.20. The summed E-state index contributed by atoms with van der Waals surface area (Å²) in [5, 5.41) is 8.24. The maximum atomic E-state index is 6.17. The van der Waals surface area contributed by atoms with Crippen LogP contribution in [0.5, 0.6) is 0 Å². The van der Waals surface area contributed by atoms with Gasteiger partial charge in [-0.25, -0.2) is 0 Å². The predicted octanol–water partition coefficient (Wildman–Crippen LogP) is 11.6. The molecule has 0 radical (unpaired) electrons. The van der Waals surface area contributed by atoms with Gasteiger partial charge in [0.1, 0.15) is 11.2 Å². The lowest BCUT2D eigenvalue weighted by Gasteiger charge is -2.18. The Kier molecular flexibility index (Phi) is 4.93. The lowest BCUT2D eigenvalue weighted by Crippen LogP contribution is -1.90. The van der Waals surface area contributed by atoms with Crippen LogP contribution in [-0.4, -0.2) is 0 Å². The standard InChI is InChI=1S/C40H24O2/c1-2-11-26(12-3-1)36-29-13-4-6-15-31(29)37(32-16-7-5-14-30(32)36)27-23-21-25(22-24-27)28-18-10-20-35-38(28)39-33-17-8-9-19-34(33)41-40(39)42-35/h1-24H. The molecule has 0 spiro atoms. The summed E-state index contributed by atoms with van der Waals surface area (Å²) in [5.74, 6) is 0.576. The molecule has 0 saturated carbocycles. The highest BCUT2D eigenvalue weighted by molar-refractivity contribution is 6.23. The summed E-state index contributed by atoms with van der Waals surface area (Å²) in [6, 6.07) is 51.7. The van der Waals surface area contributed by atoms with Crippen LogP contribution in [0.2, 0.25) is 0 Å². The topological polar surface area (TPSA) is 26.3 Å². The van der Waals surface area contributed by atoms with Crippen molar-refractivity contribution in [3.8, 4) is 33.4 Å². The molecule has 0 amide bonds. The Morgan fingerprint density at radius 1 is 0.310 bits per heavy atom. The van der Waals surface area contributed by atoms with Gasteiger partial charge in [0, 0.05) is 10.8 Å². The first kappa shape index (κ1) is 23.1. The van der Waals surface area contributed by atoms with Gasteiger partial charge in [-0.1, -0.05) is 133 Å². The van der Waals surface area contributed by atoms with Crippen molar-refractivity contribution in [3.05, 3.63) is 146 Å². The summed E-state index contributed by atoms with van der Waals surface area (Å²) < 4.78 is 12.2. The van der Waals surface area contributed by atoms with E-state index in [1.54, 1.807) is 0 Å². The molecule has 2 heterocycles. The van der Waals surface area contributed by atoms with Crippen molar-refractivity contribution in [3.63, 3.8) is 0 Å². The van der Waals surface area contributed by atoms with Crippen molar-refractivity contribution in [1.29, 1.82) is 0 Å². The van der Waals surface area contributed by atoms with Gasteiger partial charge in [-0.05, 0) is 67.1 Å². The highest BCUT2D eigenvalue weighted by Crippen LogP contribution is 2.45. The molecule has 0 N–H and O–H groups in total. The van der Waals surface area contributed by atoms with Gasteiger partial charge in [0.15, 0.2) is 0 Å². The molecule has 9 aromatic rings. The molecule has 9 rings (SSSR count). The van der Waals surface area contributed by atoms with Crippen LogP contribution in [0.15, 0.2) is 154 Å². The Bertz CT molecular complexity index is 2380. The van der Waals surface area contributed by atoms with Crippen molar-refractivity contribution in [2.24, 2.45) is 0 Å².